The average Bonchev–Trinajstić information content (AvgIpc) is 2.66. The number of aromatic nitrogens is 2. The molecule has 0 aliphatic rings. The number of hydrogen-bond donors (Lipinski definition) is 0. The van der Waals surface area contributed by atoms with E-state index >= 15 is 0 Å². The molecule has 2 aromatic carbocycles. The van der Waals surface area contributed by atoms with Gasteiger partial charge in [-0.05, 0) is 25.1 Å². The Kier molecular flexibility index (Phi) is 4.67. The lowest BCUT2D eigenvalue weighted by Crippen LogP contribution is -2.24. The van der Waals surface area contributed by atoms with Gasteiger partial charge >= 0.3 is 5.97 Å². The average molecular weight is 349 g/mol. The fraction of sp³-hybridized carbons (Fsp3) is 0.158. The second-order valence-corrected chi connectivity index (χ2v) is 5.42. The molecule has 0 radical (unpaired) electrons. The van der Waals surface area contributed by atoms with Crippen molar-refractivity contribution in [2.75, 3.05) is 6.61 Å². The molecule has 1 heterocycles. The van der Waals surface area contributed by atoms with Gasteiger partial charge in [-0.2, -0.15) is 10.4 Å². The zero-order valence-corrected chi connectivity index (χ0v) is 14.2. The van der Waals surface area contributed by atoms with Gasteiger partial charge in [0.05, 0.1) is 23.6 Å². The third-order valence-electron chi connectivity index (χ3n) is 3.73. The van der Waals surface area contributed by atoms with Gasteiger partial charge in [0.25, 0.3) is 5.56 Å². The van der Waals surface area contributed by atoms with Gasteiger partial charge in [-0.15, -0.1) is 0 Å². The summed E-state index contributed by atoms with van der Waals surface area (Å²) in [6.07, 6.45) is 0. The van der Waals surface area contributed by atoms with Gasteiger partial charge < -0.3 is 9.47 Å². The Morgan fingerprint density at radius 2 is 1.92 bits per heavy atom. The van der Waals surface area contributed by atoms with E-state index in [1.807, 2.05) is 6.07 Å². The van der Waals surface area contributed by atoms with Crippen LogP contribution in [0.25, 0.3) is 10.8 Å². The number of rotatable bonds is 4. The summed E-state index contributed by atoms with van der Waals surface area (Å²) in [6.45, 7) is 2.13. The number of nitriles is 1. The highest BCUT2D eigenvalue weighted by Crippen LogP contribution is 2.29. The molecule has 0 saturated heterocycles. The van der Waals surface area contributed by atoms with Crippen LogP contribution < -0.4 is 15.0 Å². The van der Waals surface area contributed by atoms with Crippen molar-refractivity contribution >= 4 is 16.7 Å². The van der Waals surface area contributed by atoms with E-state index < -0.39 is 5.97 Å². The smallest absolute Gasteiger partial charge is 0.364 e. The third kappa shape index (κ3) is 3.13. The fourth-order valence-corrected chi connectivity index (χ4v) is 2.53. The largest absolute Gasteiger partial charge is 0.490 e. The maximum Gasteiger partial charge on any atom is 0.364 e. The molecule has 1 aromatic heterocycles. The minimum absolute atomic E-state index is 0.0227. The number of carbonyl (C=O) groups is 1. The van der Waals surface area contributed by atoms with Crippen molar-refractivity contribution in [2.45, 2.75) is 6.92 Å². The van der Waals surface area contributed by atoms with Gasteiger partial charge in [0, 0.05) is 18.5 Å². The molecular formula is C19H15N3O4. The van der Waals surface area contributed by atoms with E-state index in [2.05, 4.69) is 5.10 Å². The first-order valence-electron chi connectivity index (χ1n) is 7.90. The molecule has 0 unspecified atom stereocenters. The number of nitrogens with zero attached hydrogens (tertiary/aromatic N) is 3. The summed E-state index contributed by atoms with van der Waals surface area (Å²) in [6, 6.07) is 13.2. The summed E-state index contributed by atoms with van der Waals surface area (Å²) < 4.78 is 12.0. The second kappa shape index (κ2) is 7.07. The van der Waals surface area contributed by atoms with Crippen molar-refractivity contribution in [3.8, 4) is 17.6 Å². The maximum absolute atomic E-state index is 12.7. The van der Waals surface area contributed by atoms with Crippen molar-refractivity contribution in [1.82, 2.24) is 9.78 Å². The van der Waals surface area contributed by atoms with Crippen LogP contribution in [0.3, 0.4) is 0 Å². The number of aryl methyl sites for hydroxylation is 1. The predicted octanol–water partition coefficient (Wildman–Crippen LogP) is 2.42. The van der Waals surface area contributed by atoms with E-state index in [1.54, 1.807) is 31.2 Å². The van der Waals surface area contributed by atoms with Crippen LogP contribution in [0.4, 0.5) is 0 Å². The SMILES string of the molecule is CCOc1cc(C#N)ccc1OC(=O)c1nn(C)c(=O)c2ccccc12. The topological polar surface area (TPSA) is 94.2 Å². The van der Waals surface area contributed by atoms with Crippen LogP contribution in [-0.2, 0) is 7.05 Å². The van der Waals surface area contributed by atoms with E-state index in [4.69, 9.17) is 14.7 Å². The quantitative estimate of drug-likeness (QED) is 0.530. The Morgan fingerprint density at radius 1 is 1.19 bits per heavy atom. The lowest BCUT2D eigenvalue weighted by atomic mass is 10.1. The lowest BCUT2D eigenvalue weighted by Gasteiger charge is -2.12. The number of benzene rings is 2. The minimum atomic E-state index is -0.720. The van der Waals surface area contributed by atoms with E-state index in [9.17, 15) is 9.59 Å². The molecule has 26 heavy (non-hydrogen) atoms. The van der Waals surface area contributed by atoms with E-state index in [1.165, 1.54) is 25.2 Å². The molecule has 0 aliphatic heterocycles. The molecule has 0 amide bonds. The van der Waals surface area contributed by atoms with Crippen molar-refractivity contribution in [1.29, 1.82) is 5.26 Å². The first-order valence-corrected chi connectivity index (χ1v) is 7.90. The monoisotopic (exact) mass is 349 g/mol. The molecule has 0 saturated carbocycles. The van der Waals surface area contributed by atoms with Crippen molar-refractivity contribution < 1.29 is 14.3 Å². The number of esters is 1. The molecule has 0 atom stereocenters. The minimum Gasteiger partial charge on any atom is -0.490 e. The van der Waals surface area contributed by atoms with Crippen LogP contribution in [0.1, 0.15) is 23.0 Å². The summed E-state index contributed by atoms with van der Waals surface area (Å²) in [5.41, 5.74) is 0.110. The molecule has 0 aliphatic carbocycles. The second-order valence-electron chi connectivity index (χ2n) is 5.42. The third-order valence-corrected chi connectivity index (χ3v) is 3.73. The van der Waals surface area contributed by atoms with E-state index in [0.717, 1.165) is 4.68 Å². The first kappa shape index (κ1) is 17.2. The molecule has 0 bridgehead atoms. The van der Waals surface area contributed by atoms with Gasteiger partial charge in [0.2, 0.25) is 0 Å². The van der Waals surface area contributed by atoms with Crippen LogP contribution in [-0.4, -0.2) is 22.4 Å². The van der Waals surface area contributed by atoms with Crippen LogP contribution in [0.15, 0.2) is 47.3 Å². The van der Waals surface area contributed by atoms with Crippen LogP contribution >= 0.6 is 0 Å². The number of fused-ring (bicyclic) bond motifs is 1. The molecular weight excluding hydrogens is 334 g/mol. The van der Waals surface area contributed by atoms with Gasteiger partial charge in [0.15, 0.2) is 17.2 Å². The molecule has 3 rings (SSSR count). The Hall–Kier alpha value is -3.66. The zero-order chi connectivity index (χ0) is 18.7. The Morgan fingerprint density at radius 3 is 2.62 bits per heavy atom. The molecule has 0 N–H and O–H groups in total. The Bertz CT molecular complexity index is 1100. The Balaban J connectivity index is 2.05. The van der Waals surface area contributed by atoms with Gasteiger partial charge in [0.1, 0.15) is 0 Å². The lowest BCUT2D eigenvalue weighted by molar-refractivity contribution is 0.0722. The van der Waals surface area contributed by atoms with Crippen molar-refractivity contribution in [2.24, 2.45) is 7.05 Å². The number of carbonyl (C=O) groups excluding carboxylic acids is 1. The van der Waals surface area contributed by atoms with Crippen LogP contribution in [0, 0.1) is 11.3 Å². The van der Waals surface area contributed by atoms with Crippen molar-refractivity contribution in [3.63, 3.8) is 0 Å². The van der Waals surface area contributed by atoms with Crippen molar-refractivity contribution in [3.05, 3.63) is 64.1 Å². The Labute approximate surface area is 149 Å². The zero-order valence-electron chi connectivity index (χ0n) is 14.2. The van der Waals surface area contributed by atoms with Gasteiger partial charge in [-0.1, -0.05) is 18.2 Å². The molecule has 3 aromatic rings. The molecule has 0 spiro atoms. The summed E-state index contributed by atoms with van der Waals surface area (Å²) >= 11 is 0. The van der Waals surface area contributed by atoms with E-state index in [-0.39, 0.29) is 22.8 Å². The molecule has 0 fully saturated rings. The maximum atomic E-state index is 12.7. The highest BCUT2D eigenvalue weighted by atomic mass is 16.6. The van der Waals surface area contributed by atoms with Gasteiger partial charge in [-0.25, -0.2) is 9.48 Å². The van der Waals surface area contributed by atoms with Gasteiger partial charge in [-0.3, -0.25) is 4.79 Å². The fourth-order valence-electron chi connectivity index (χ4n) is 2.53. The predicted molar refractivity (Wildman–Crippen MR) is 94.3 cm³/mol. The molecule has 7 nitrogen and oxygen atoms in total. The molecule has 130 valence electrons. The normalized spacial score (nSPS) is 10.3. The molecule has 7 heteroatoms. The summed E-state index contributed by atoms with van der Waals surface area (Å²) in [5.74, 6) is -0.257. The van der Waals surface area contributed by atoms with E-state index in [0.29, 0.717) is 22.9 Å². The van der Waals surface area contributed by atoms with Crippen LogP contribution in [0.5, 0.6) is 11.5 Å². The summed E-state index contributed by atoms with van der Waals surface area (Å²) in [7, 11) is 1.47. The first-order chi connectivity index (χ1) is 12.5. The van der Waals surface area contributed by atoms with Crippen LogP contribution in [0.2, 0.25) is 0 Å². The highest BCUT2D eigenvalue weighted by molar-refractivity contribution is 6.03. The highest BCUT2D eigenvalue weighted by Gasteiger charge is 2.19. The summed E-state index contributed by atoms with van der Waals surface area (Å²) in [4.78, 5) is 24.9. The standard InChI is InChI=1S/C19H15N3O4/c1-3-25-16-10-12(11-20)8-9-15(16)26-19(24)17-13-6-4-5-7-14(13)18(23)22(2)21-17/h4-10H,3H2,1-2H3. The number of hydrogen-bond acceptors (Lipinski definition) is 6. The summed E-state index contributed by atoms with van der Waals surface area (Å²) in [5, 5.41) is 13.8. The number of ether oxygens (including phenoxy) is 2.